The smallest absolute Gasteiger partial charge is 0.273 e. The van der Waals surface area contributed by atoms with E-state index in [0.29, 0.717) is 0 Å². The molecule has 21 heavy (non-hydrogen) atoms. The minimum atomic E-state index is -0.664. The van der Waals surface area contributed by atoms with Crippen molar-refractivity contribution < 1.29 is 19.9 Å². The Bertz CT molecular complexity index is 732. The van der Waals surface area contributed by atoms with Crippen molar-refractivity contribution >= 4 is 28.9 Å². The zero-order valence-electron chi connectivity index (χ0n) is 10.4. The van der Waals surface area contributed by atoms with Crippen molar-refractivity contribution in [3.8, 4) is 11.5 Å². The van der Waals surface area contributed by atoms with Gasteiger partial charge < -0.3 is 15.5 Å². The van der Waals surface area contributed by atoms with Crippen molar-refractivity contribution in [2.45, 2.75) is 0 Å². The molecule has 1 amide bonds. The molecule has 0 fully saturated rings. The summed E-state index contributed by atoms with van der Waals surface area (Å²) in [7, 11) is 0. The van der Waals surface area contributed by atoms with Gasteiger partial charge in [0.15, 0.2) is 0 Å². The quantitative estimate of drug-likeness (QED) is 0.458. The van der Waals surface area contributed by atoms with Gasteiger partial charge in [-0.05, 0) is 24.3 Å². The Labute approximate surface area is 123 Å². The Morgan fingerprint density at radius 2 is 1.86 bits per heavy atom. The van der Waals surface area contributed by atoms with Gasteiger partial charge in [-0.2, -0.15) is 0 Å². The molecule has 2 aromatic carbocycles. The van der Waals surface area contributed by atoms with E-state index in [1.807, 2.05) is 0 Å². The third kappa shape index (κ3) is 3.21. The van der Waals surface area contributed by atoms with E-state index < -0.39 is 16.6 Å². The molecule has 0 radical (unpaired) electrons. The summed E-state index contributed by atoms with van der Waals surface area (Å²) in [5, 5.41) is 32.1. The van der Waals surface area contributed by atoms with Crippen LogP contribution in [0.15, 0.2) is 36.4 Å². The number of carbonyl (C=O) groups is 1. The fourth-order valence-corrected chi connectivity index (χ4v) is 1.71. The number of aromatic hydroxyl groups is 2. The maximum Gasteiger partial charge on any atom is 0.273 e. The topological polar surface area (TPSA) is 113 Å². The lowest BCUT2D eigenvalue weighted by molar-refractivity contribution is -0.384. The van der Waals surface area contributed by atoms with Gasteiger partial charge in [0.25, 0.3) is 11.6 Å². The number of hydrogen-bond acceptors (Lipinski definition) is 5. The fourth-order valence-electron chi connectivity index (χ4n) is 1.59. The lowest BCUT2D eigenvalue weighted by Gasteiger charge is -2.07. The molecule has 3 N–H and O–H groups in total. The predicted molar refractivity (Wildman–Crippen MR) is 75.8 cm³/mol. The Morgan fingerprint density at radius 1 is 1.14 bits per heavy atom. The van der Waals surface area contributed by atoms with Crippen LogP contribution in [0.5, 0.6) is 11.5 Å². The number of amides is 1. The molecule has 0 bridgehead atoms. The van der Waals surface area contributed by atoms with Gasteiger partial charge in [-0.3, -0.25) is 14.9 Å². The second-order valence-electron chi connectivity index (χ2n) is 4.08. The molecule has 0 aliphatic heterocycles. The second kappa shape index (κ2) is 5.68. The average Bonchev–Trinajstić information content (AvgIpc) is 2.43. The van der Waals surface area contributed by atoms with Crippen LogP contribution in [-0.4, -0.2) is 21.0 Å². The van der Waals surface area contributed by atoms with E-state index in [1.54, 1.807) is 0 Å². The second-order valence-corrected chi connectivity index (χ2v) is 4.49. The van der Waals surface area contributed by atoms with Gasteiger partial charge in [-0.1, -0.05) is 11.6 Å². The SMILES string of the molecule is O=C(Nc1ccc([N+](=O)[O-])cc1O)c1ccc(Cl)c(O)c1. The lowest BCUT2D eigenvalue weighted by Crippen LogP contribution is -2.11. The molecule has 8 heteroatoms. The molecule has 108 valence electrons. The number of nitrogens with zero attached hydrogens (tertiary/aromatic N) is 1. The van der Waals surface area contributed by atoms with Crippen molar-refractivity contribution in [1.82, 2.24) is 0 Å². The third-order valence-corrected chi connectivity index (χ3v) is 2.97. The number of benzene rings is 2. The van der Waals surface area contributed by atoms with Gasteiger partial charge in [-0.25, -0.2) is 0 Å². The molecule has 0 aliphatic carbocycles. The van der Waals surface area contributed by atoms with Crippen LogP contribution in [0.4, 0.5) is 11.4 Å². The van der Waals surface area contributed by atoms with Crippen molar-refractivity contribution in [2.75, 3.05) is 5.32 Å². The third-order valence-electron chi connectivity index (χ3n) is 2.65. The molecular weight excluding hydrogens is 300 g/mol. The first kappa shape index (κ1) is 14.6. The Morgan fingerprint density at radius 3 is 2.43 bits per heavy atom. The summed E-state index contributed by atoms with van der Waals surface area (Å²) in [5.41, 5.74) is -0.163. The predicted octanol–water partition coefficient (Wildman–Crippen LogP) is 2.91. The Balaban J connectivity index is 2.23. The van der Waals surface area contributed by atoms with Crippen LogP contribution in [-0.2, 0) is 0 Å². The first-order valence-electron chi connectivity index (χ1n) is 5.66. The highest BCUT2D eigenvalue weighted by atomic mass is 35.5. The summed E-state index contributed by atoms with van der Waals surface area (Å²) in [6.45, 7) is 0. The van der Waals surface area contributed by atoms with Crippen LogP contribution < -0.4 is 5.32 Å². The monoisotopic (exact) mass is 308 g/mol. The molecule has 0 spiro atoms. The van der Waals surface area contributed by atoms with E-state index in [1.165, 1.54) is 24.3 Å². The van der Waals surface area contributed by atoms with E-state index in [-0.39, 0.29) is 27.7 Å². The molecule has 0 saturated heterocycles. The van der Waals surface area contributed by atoms with Gasteiger partial charge in [0.05, 0.1) is 21.7 Å². The number of carbonyl (C=O) groups excluding carboxylic acids is 1. The van der Waals surface area contributed by atoms with E-state index in [2.05, 4.69) is 5.32 Å². The highest BCUT2D eigenvalue weighted by Gasteiger charge is 2.14. The number of nitro benzene ring substituents is 1. The molecule has 2 rings (SSSR count). The normalized spacial score (nSPS) is 10.1. The van der Waals surface area contributed by atoms with Gasteiger partial charge in [0, 0.05) is 11.6 Å². The largest absolute Gasteiger partial charge is 0.506 e. The minimum absolute atomic E-state index is 0.0139. The number of non-ortho nitro benzene ring substituents is 1. The molecule has 0 aromatic heterocycles. The average molecular weight is 309 g/mol. The molecule has 2 aromatic rings. The first-order chi connectivity index (χ1) is 9.88. The Hall–Kier alpha value is -2.80. The highest BCUT2D eigenvalue weighted by Crippen LogP contribution is 2.29. The van der Waals surface area contributed by atoms with Gasteiger partial charge >= 0.3 is 0 Å². The van der Waals surface area contributed by atoms with Crippen molar-refractivity contribution in [3.05, 3.63) is 57.1 Å². The molecular formula is C13H9ClN2O5. The first-order valence-corrected chi connectivity index (χ1v) is 6.03. The summed E-state index contributed by atoms with van der Waals surface area (Å²) in [6.07, 6.45) is 0. The van der Waals surface area contributed by atoms with Crippen LogP contribution in [0.2, 0.25) is 5.02 Å². The zero-order chi connectivity index (χ0) is 15.6. The number of nitro groups is 1. The van der Waals surface area contributed by atoms with E-state index >= 15 is 0 Å². The van der Waals surface area contributed by atoms with Crippen LogP contribution in [0.1, 0.15) is 10.4 Å². The number of nitrogens with one attached hydrogen (secondary N) is 1. The maximum absolute atomic E-state index is 11.9. The molecule has 7 nitrogen and oxygen atoms in total. The van der Waals surface area contributed by atoms with Crippen LogP contribution in [0.25, 0.3) is 0 Å². The molecule has 0 atom stereocenters. The lowest BCUT2D eigenvalue weighted by atomic mass is 10.2. The molecule has 0 heterocycles. The number of anilines is 1. The fraction of sp³-hybridized carbons (Fsp3) is 0. The summed E-state index contributed by atoms with van der Waals surface area (Å²) in [4.78, 5) is 21.8. The number of hydrogen-bond donors (Lipinski definition) is 3. The standard InChI is InChI=1S/C13H9ClN2O5/c14-9-3-1-7(5-11(9)17)13(19)15-10-4-2-8(16(20)21)6-12(10)18/h1-6,17-18H,(H,15,19). The van der Waals surface area contributed by atoms with Crippen molar-refractivity contribution in [3.63, 3.8) is 0 Å². The number of phenols is 2. The summed E-state index contributed by atoms with van der Waals surface area (Å²) < 4.78 is 0. The van der Waals surface area contributed by atoms with Crippen LogP contribution in [0.3, 0.4) is 0 Å². The van der Waals surface area contributed by atoms with Crippen LogP contribution >= 0.6 is 11.6 Å². The molecule has 0 saturated carbocycles. The van der Waals surface area contributed by atoms with E-state index in [0.717, 1.165) is 12.1 Å². The summed E-state index contributed by atoms with van der Waals surface area (Å²) >= 11 is 5.63. The Kier molecular flexibility index (Phi) is 3.95. The number of halogens is 1. The van der Waals surface area contributed by atoms with Gasteiger partial charge in [0.1, 0.15) is 11.5 Å². The van der Waals surface area contributed by atoms with Crippen LogP contribution in [0, 0.1) is 10.1 Å². The van der Waals surface area contributed by atoms with E-state index in [4.69, 9.17) is 11.6 Å². The molecule has 0 aliphatic rings. The summed E-state index contributed by atoms with van der Waals surface area (Å²) in [5.74, 6) is -1.29. The maximum atomic E-state index is 11.9. The van der Waals surface area contributed by atoms with Gasteiger partial charge in [-0.15, -0.1) is 0 Å². The zero-order valence-corrected chi connectivity index (χ0v) is 11.2. The minimum Gasteiger partial charge on any atom is -0.506 e. The molecule has 0 unspecified atom stereocenters. The highest BCUT2D eigenvalue weighted by molar-refractivity contribution is 6.32. The van der Waals surface area contributed by atoms with Crippen molar-refractivity contribution in [2.24, 2.45) is 0 Å². The van der Waals surface area contributed by atoms with Gasteiger partial charge in [0.2, 0.25) is 0 Å². The number of phenolic OH excluding ortho intramolecular Hbond substituents is 2. The summed E-state index contributed by atoms with van der Waals surface area (Å²) in [6, 6.07) is 7.19. The number of rotatable bonds is 3. The van der Waals surface area contributed by atoms with E-state index in [9.17, 15) is 25.1 Å². The van der Waals surface area contributed by atoms with Crippen molar-refractivity contribution in [1.29, 1.82) is 0 Å².